The smallest absolute Gasteiger partial charge is 0.0911 e. The van der Waals surface area contributed by atoms with Crippen molar-refractivity contribution in [1.29, 1.82) is 0 Å². The minimum Gasteiger partial charge on any atom is -0.360 e. The Morgan fingerprint density at radius 1 is 1.62 bits per heavy atom. The van der Waals surface area contributed by atoms with Gasteiger partial charge in [-0.1, -0.05) is 5.11 Å². The molecular weight excluding hydrogens is 166 g/mol. The first-order valence-corrected chi connectivity index (χ1v) is 3.83. The van der Waals surface area contributed by atoms with Gasteiger partial charge in [-0.3, -0.25) is 4.98 Å². The fourth-order valence-electron chi connectivity index (χ4n) is 1.24. The van der Waals surface area contributed by atoms with E-state index >= 15 is 0 Å². The van der Waals surface area contributed by atoms with E-state index in [0.29, 0.717) is 6.54 Å². The molecule has 2 aromatic heterocycles. The summed E-state index contributed by atoms with van der Waals surface area (Å²) in [7, 11) is 0. The lowest BCUT2D eigenvalue weighted by atomic mass is 10.3. The SMILES string of the molecule is [N-]=[N+]=NCc1c[nH]c2cccnc12. The number of aromatic nitrogens is 2. The number of aromatic amines is 1. The summed E-state index contributed by atoms with van der Waals surface area (Å²) in [4.78, 5) is 9.93. The molecule has 0 spiro atoms. The van der Waals surface area contributed by atoms with E-state index in [1.165, 1.54) is 0 Å². The van der Waals surface area contributed by atoms with Crippen LogP contribution >= 0.6 is 0 Å². The van der Waals surface area contributed by atoms with Crippen molar-refractivity contribution in [2.45, 2.75) is 6.54 Å². The highest BCUT2D eigenvalue weighted by atomic mass is 15.1. The lowest BCUT2D eigenvalue weighted by Gasteiger charge is -1.89. The van der Waals surface area contributed by atoms with Crippen LogP contribution in [0.5, 0.6) is 0 Å². The molecule has 0 bridgehead atoms. The van der Waals surface area contributed by atoms with Gasteiger partial charge in [0.25, 0.3) is 0 Å². The molecule has 0 aliphatic carbocycles. The van der Waals surface area contributed by atoms with Gasteiger partial charge in [-0.2, -0.15) is 0 Å². The summed E-state index contributed by atoms with van der Waals surface area (Å²) < 4.78 is 0. The molecule has 0 saturated heterocycles. The van der Waals surface area contributed by atoms with Gasteiger partial charge in [0, 0.05) is 22.9 Å². The van der Waals surface area contributed by atoms with E-state index in [1.807, 2.05) is 18.3 Å². The fraction of sp³-hybridized carbons (Fsp3) is 0.125. The molecule has 0 amide bonds. The molecule has 0 unspecified atom stereocenters. The number of azide groups is 1. The summed E-state index contributed by atoms with van der Waals surface area (Å²) in [5, 5.41) is 3.48. The molecule has 0 aliphatic heterocycles. The minimum atomic E-state index is 0.341. The summed E-state index contributed by atoms with van der Waals surface area (Å²) in [6, 6.07) is 3.79. The van der Waals surface area contributed by atoms with Crippen LogP contribution in [0.25, 0.3) is 21.5 Å². The summed E-state index contributed by atoms with van der Waals surface area (Å²) in [5.74, 6) is 0. The molecule has 5 nitrogen and oxygen atoms in total. The van der Waals surface area contributed by atoms with Crippen LogP contribution in [0.4, 0.5) is 0 Å². The molecular formula is C8H7N5. The summed E-state index contributed by atoms with van der Waals surface area (Å²) in [6.07, 6.45) is 3.53. The van der Waals surface area contributed by atoms with Crippen LogP contribution in [0.3, 0.4) is 0 Å². The van der Waals surface area contributed by atoms with Crippen molar-refractivity contribution in [3.05, 3.63) is 40.5 Å². The van der Waals surface area contributed by atoms with Crippen molar-refractivity contribution >= 4 is 11.0 Å². The maximum Gasteiger partial charge on any atom is 0.0911 e. The normalized spacial score (nSPS) is 9.85. The number of rotatable bonds is 2. The van der Waals surface area contributed by atoms with Gasteiger partial charge in [-0.25, -0.2) is 0 Å². The van der Waals surface area contributed by atoms with Crippen LogP contribution in [0.2, 0.25) is 0 Å². The van der Waals surface area contributed by atoms with E-state index in [0.717, 1.165) is 16.6 Å². The fourth-order valence-corrected chi connectivity index (χ4v) is 1.24. The van der Waals surface area contributed by atoms with E-state index in [2.05, 4.69) is 20.0 Å². The first-order chi connectivity index (χ1) is 6.42. The third-order valence-electron chi connectivity index (χ3n) is 1.82. The topological polar surface area (TPSA) is 77.4 Å². The molecule has 5 heteroatoms. The van der Waals surface area contributed by atoms with E-state index < -0.39 is 0 Å². The second-order valence-electron chi connectivity index (χ2n) is 2.60. The molecule has 0 fully saturated rings. The van der Waals surface area contributed by atoms with Gasteiger partial charge in [0.15, 0.2) is 0 Å². The number of hydrogen-bond acceptors (Lipinski definition) is 2. The summed E-state index contributed by atoms with van der Waals surface area (Å²) in [5.41, 5.74) is 10.9. The molecule has 2 heterocycles. The Balaban J connectivity index is 2.51. The number of pyridine rings is 1. The van der Waals surface area contributed by atoms with Crippen molar-refractivity contribution in [1.82, 2.24) is 9.97 Å². The predicted octanol–water partition coefficient (Wildman–Crippen LogP) is 2.37. The van der Waals surface area contributed by atoms with Crippen molar-refractivity contribution in [2.24, 2.45) is 5.11 Å². The Kier molecular flexibility index (Phi) is 1.86. The van der Waals surface area contributed by atoms with Gasteiger partial charge in [-0.05, 0) is 17.7 Å². The molecule has 13 heavy (non-hydrogen) atoms. The van der Waals surface area contributed by atoms with Crippen molar-refractivity contribution < 1.29 is 0 Å². The molecule has 64 valence electrons. The highest BCUT2D eigenvalue weighted by Crippen LogP contribution is 2.15. The number of nitrogens with zero attached hydrogens (tertiary/aromatic N) is 4. The second-order valence-corrected chi connectivity index (χ2v) is 2.60. The van der Waals surface area contributed by atoms with Crippen LogP contribution in [0.15, 0.2) is 29.6 Å². The van der Waals surface area contributed by atoms with Crippen LogP contribution in [-0.4, -0.2) is 9.97 Å². The molecule has 2 aromatic rings. The highest BCUT2D eigenvalue weighted by Gasteiger charge is 2.01. The van der Waals surface area contributed by atoms with E-state index in [-0.39, 0.29) is 0 Å². The minimum absolute atomic E-state index is 0.341. The van der Waals surface area contributed by atoms with Gasteiger partial charge < -0.3 is 4.98 Å². The van der Waals surface area contributed by atoms with E-state index in [1.54, 1.807) is 6.20 Å². The van der Waals surface area contributed by atoms with Crippen LogP contribution < -0.4 is 0 Å². The average molecular weight is 173 g/mol. The van der Waals surface area contributed by atoms with E-state index in [9.17, 15) is 0 Å². The summed E-state index contributed by atoms with van der Waals surface area (Å²) >= 11 is 0. The quantitative estimate of drug-likeness (QED) is 0.422. The predicted molar refractivity (Wildman–Crippen MR) is 48.9 cm³/mol. The Bertz CT molecular complexity index is 466. The van der Waals surface area contributed by atoms with Gasteiger partial charge in [0.1, 0.15) is 0 Å². The summed E-state index contributed by atoms with van der Waals surface area (Å²) in [6.45, 7) is 0.341. The number of H-pyrrole nitrogens is 1. The standard InChI is InChI=1S/C8H7N5/c9-13-12-5-6-4-11-7-2-1-3-10-8(6)7/h1-4,11H,5H2. The maximum absolute atomic E-state index is 8.16. The van der Waals surface area contributed by atoms with Crippen LogP contribution in [0, 0.1) is 0 Å². The third kappa shape index (κ3) is 1.32. The molecule has 1 N–H and O–H groups in total. The molecule has 0 aliphatic rings. The number of nitrogens with one attached hydrogen (secondary N) is 1. The zero-order valence-corrected chi connectivity index (χ0v) is 6.81. The first kappa shape index (κ1) is 7.64. The lowest BCUT2D eigenvalue weighted by Crippen LogP contribution is -1.79. The number of hydrogen-bond donors (Lipinski definition) is 1. The van der Waals surface area contributed by atoms with Crippen molar-refractivity contribution in [3.8, 4) is 0 Å². The number of fused-ring (bicyclic) bond motifs is 1. The highest BCUT2D eigenvalue weighted by molar-refractivity contribution is 5.78. The Morgan fingerprint density at radius 3 is 3.38 bits per heavy atom. The van der Waals surface area contributed by atoms with Gasteiger partial charge in [0.2, 0.25) is 0 Å². The second kappa shape index (κ2) is 3.16. The molecule has 2 rings (SSSR count). The van der Waals surface area contributed by atoms with E-state index in [4.69, 9.17) is 5.53 Å². The Labute approximate surface area is 74.0 Å². The van der Waals surface area contributed by atoms with Gasteiger partial charge in [0.05, 0.1) is 17.6 Å². The van der Waals surface area contributed by atoms with Crippen LogP contribution in [0.1, 0.15) is 5.56 Å². The molecule has 0 saturated carbocycles. The molecule has 0 radical (unpaired) electrons. The molecule has 0 atom stereocenters. The Hall–Kier alpha value is -2.00. The zero-order valence-electron chi connectivity index (χ0n) is 6.81. The van der Waals surface area contributed by atoms with Crippen LogP contribution in [-0.2, 0) is 6.54 Å². The largest absolute Gasteiger partial charge is 0.360 e. The Morgan fingerprint density at radius 2 is 2.54 bits per heavy atom. The van der Waals surface area contributed by atoms with Gasteiger partial charge in [-0.15, -0.1) is 0 Å². The third-order valence-corrected chi connectivity index (χ3v) is 1.82. The van der Waals surface area contributed by atoms with Crippen molar-refractivity contribution in [3.63, 3.8) is 0 Å². The maximum atomic E-state index is 8.16. The molecule has 0 aromatic carbocycles. The first-order valence-electron chi connectivity index (χ1n) is 3.83. The monoisotopic (exact) mass is 173 g/mol. The lowest BCUT2D eigenvalue weighted by molar-refractivity contribution is 1.05. The average Bonchev–Trinajstić information content (AvgIpc) is 2.58. The van der Waals surface area contributed by atoms with Gasteiger partial charge >= 0.3 is 0 Å². The van der Waals surface area contributed by atoms with Crippen molar-refractivity contribution in [2.75, 3.05) is 0 Å². The zero-order chi connectivity index (χ0) is 9.10.